The van der Waals surface area contributed by atoms with Crippen molar-refractivity contribution in [2.75, 3.05) is 13.7 Å². The maximum absolute atomic E-state index is 11.6. The van der Waals surface area contributed by atoms with E-state index in [2.05, 4.69) is 17.4 Å². The maximum Gasteiger partial charge on any atom is 0.118 e. The molecule has 0 aliphatic carbocycles. The summed E-state index contributed by atoms with van der Waals surface area (Å²) >= 11 is 5.89. The number of nitrogens with two attached hydrogens (primary N) is 1. The van der Waals surface area contributed by atoms with Crippen LogP contribution in [0.1, 0.15) is 11.1 Å². The Morgan fingerprint density at radius 1 is 1.15 bits per heavy atom. The lowest BCUT2D eigenvalue weighted by Gasteiger charge is -2.12. The van der Waals surface area contributed by atoms with Crippen molar-refractivity contribution < 1.29 is 15.2 Å². The molecule has 2 rings (SSSR count). The molecule has 2 N–H and O–H groups in total. The highest BCUT2D eigenvalue weighted by Gasteiger charge is 2.00. The Hall–Kier alpha value is -1.71. The number of quaternary nitrogens is 1. The molecule has 0 radical (unpaired) electrons. The van der Waals surface area contributed by atoms with E-state index >= 15 is 0 Å². The number of benzene rings is 2. The van der Waals surface area contributed by atoms with E-state index in [0.29, 0.717) is 11.6 Å². The number of hydrogen-bond donors (Lipinski definition) is 1. The molecule has 0 unspecified atom stereocenters. The van der Waals surface area contributed by atoms with Gasteiger partial charge < -0.3 is 15.2 Å². The first-order valence-electron chi connectivity index (χ1n) is 6.59. The van der Waals surface area contributed by atoms with Gasteiger partial charge in [-0.1, -0.05) is 35.5 Å². The number of ether oxygens (including phenoxy) is 1. The summed E-state index contributed by atoms with van der Waals surface area (Å²) in [6.45, 7) is 1.59. The predicted octanol–water partition coefficient (Wildman–Crippen LogP) is 1.73. The van der Waals surface area contributed by atoms with Crippen LogP contribution in [0.4, 0.5) is 0 Å². The predicted molar refractivity (Wildman–Crippen MR) is 78.1 cm³/mol. The van der Waals surface area contributed by atoms with Crippen molar-refractivity contribution in [3.05, 3.63) is 58.6 Å². The van der Waals surface area contributed by atoms with Gasteiger partial charge in [-0.05, 0) is 35.4 Å². The third-order valence-electron chi connectivity index (χ3n) is 3.18. The SMILES string of the molecule is COc1ccc(CC[NH2+]Cc2cc(Cl)ccc2[O-])cc1. The summed E-state index contributed by atoms with van der Waals surface area (Å²) < 4.78 is 5.12. The molecule has 106 valence electrons. The van der Waals surface area contributed by atoms with E-state index in [0.717, 1.165) is 24.3 Å². The molecule has 0 heterocycles. The Morgan fingerprint density at radius 2 is 1.90 bits per heavy atom. The molecule has 0 saturated carbocycles. The van der Waals surface area contributed by atoms with Crippen molar-refractivity contribution in [3.63, 3.8) is 0 Å². The second kappa shape index (κ2) is 7.17. The van der Waals surface area contributed by atoms with Gasteiger partial charge in [-0.2, -0.15) is 0 Å². The third-order valence-corrected chi connectivity index (χ3v) is 3.42. The van der Waals surface area contributed by atoms with E-state index in [1.54, 1.807) is 19.2 Å². The van der Waals surface area contributed by atoms with Gasteiger partial charge >= 0.3 is 0 Å². The van der Waals surface area contributed by atoms with Crippen LogP contribution in [0.2, 0.25) is 5.02 Å². The van der Waals surface area contributed by atoms with Gasteiger partial charge in [0.1, 0.15) is 12.3 Å². The highest BCUT2D eigenvalue weighted by Crippen LogP contribution is 2.17. The quantitative estimate of drug-likeness (QED) is 0.824. The lowest BCUT2D eigenvalue weighted by atomic mass is 10.1. The fraction of sp³-hybridized carbons (Fsp3) is 0.250. The number of methoxy groups -OCH3 is 1. The van der Waals surface area contributed by atoms with Crippen molar-refractivity contribution in [1.82, 2.24) is 0 Å². The molecule has 0 fully saturated rings. The van der Waals surface area contributed by atoms with Gasteiger partial charge in [0.15, 0.2) is 0 Å². The summed E-state index contributed by atoms with van der Waals surface area (Å²) in [5.41, 5.74) is 2.02. The largest absolute Gasteiger partial charge is 0.872 e. The van der Waals surface area contributed by atoms with Gasteiger partial charge in [0, 0.05) is 11.4 Å². The van der Waals surface area contributed by atoms with Crippen LogP contribution in [0.25, 0.3) is 0 Å². The minimum Gasteiger partial charge on any atom is -0.872 e. The minimum absolute atomic E-state index is 0.0510. The summed E-state index contributed by atoms with van der Waals surface area (Å²) in [6.07, 6.45) is 0.957. The molecule has 0 spiro atoms. The Kier molecular flexibility index (Phi) is 5.27. The van der Waals surface area contributed by atoms with Crippen LogP contribution in [0, 0.1) is 0 Å². The van der Waals surface area contributed by atoms with E-state index in [1.807, 2.05) is 12.1 Å². The summed E-state index contributed by atoms with van der Waals surface area (Å²) in [5.74, 6) is 0.919. The second-order valence-electron chi connectivity index (χ2n) is 4.63. The molecule has 4 heteroatoms. The van der Waals surface area contributed by atoms with Crippen LogP contribution in [0.15, 0.2) is 42.5 Å². The molecular formula is C16H18ClNO2. The number of rotatable bonds is 6. The molecule has 3 nitrogen and oxygen atoms in total. The Morgan fingerprint density at radius 3 is 2.60 bits per heavy atom. The first-order valence-corrected chi connectivity index (χ1v) is 6.97. The fourth-order valence-electron chi connectivity index (χ4n) is 2.03. The van der Waals surface area contributed by atoms with Gasteiger partial charge in [0.25, 0.3) is 0 Å². The van der Waals surface area contributed by atoms with Crippen LogP contribution >= 0.6 is 11.6 Å². The van der Waals surface area contributed by atoms with Gasteiger partial charge in [-0.25, -0.2) is 0 Å². The van der Waals surface area contributed by atoms with E-state index < -0.39 is 0 Å². The smallest absolute Gasteiger partial charge is 0.118 e. The fourth-order valence-corrected chi connectivity index (χ4v) is 2.22. The van der Waals surface area contributed by atoms with Crippen LogP contribution in [0.3, 0.4) is 0 Å². The van der Waals surface area contributed by atoms with Crippen molar-refractivity contribution in [3.8, 4) is 11.5 Å². The van der Waals surface area contributed by atoms with Crippen LogP contribution in [-0.4, -0.2) is 13.7 Å². The van der Waals surface area contributed by atoms with Crippen LogP contribution in [-0.2, 0) is 13.0 Å². The highest BCUT2D eigenvalue weighted by molar-refractivity contribution is 6.30. The molecular weight excluding hydrogens is 274 g/mol. The zero-order chi connectivity index (χ0) is 14.4. The first kappa shape index (κ1) is 14.7. The standard InChI is InChI=1S/C16H18ClNO2/c1-20-15-5-2-12(3-6-15)8-9-18-11-13-10-14(17)4-7-16(13)19/h2-7,10,18-19H,8-9,11H2,1H3. The van der Waals surface area contributed by atoms with E-state index in [-0.39, 0.29) is 5.75 Å². The van der Waals surface area contributed by atoms with E-state index in [4.69, 9.17) is 16.3 Å². The van der Waals surface area contributed by atoms with Crippen molar-refractivity contribution in [2.24, 2.45) is 0 Å². The van der Waals surface area contributed by atoms with Crippen LogP contribution < -0.4 is 15.2 Å². The molecule has 0 aromatic heterocycles. The van der Waals surface area contributed by atoms with Gasteiger partial charge in [-0.3, -0.25) is 0 Å². The third kappa shape index (κ3) is 4.15. The normalized spacial score (nSPS) is 10.5. The summed E-state index contributed by atoms with van der Waals surface area (Å²) in [5, 5.41) is 14.3. The summed E-state index contributed by atoms with van der Waals surface area (Å²) in [7, 11) is 1.66. The number of halogens is 1. The van der Waals surface area contributed by atoms with Crippen LogP contribution in [0.5, 0.6) is 11.5 Å². The van der Waals surface area contributed by atoms with Gasteiger partial charge in [0.05, 0.1) is 13.7 Å². The minimum atomic E-state index is 0.0510. The zero-order valence-electron chi connectivity index (χ0n) is 11.4. The van der Waals surface area contributed by atoms with Crippen molar-refractivity contribution >= 4 is 11.6 Å². The Labute approximate surface area is 124 Å². The molecule has 0 aliphatic rings. The average molecular weight is 292 g/mol. The summed E-state index contributed by atoms with van der Waals surface area (Å²) in [4.78, 5) is 0. The Balaban J connectivity index is 1.79. The molecule has 0 aliphatic heterocycles. The second-order valence-corrected chi connectivity index (χ2v) is 5.07. The molecule has 0 amide bonds. The average Bonchev–Trinajstić information content (AvgIpc) is 2.47. The molecule has 0 saturated heterocycles. The molecule has 20 heavy (non-hydrogen) atoms. The van der Waals surface area contributed by atoms with E-state index in [1.165, 1.54) is 11.6 Å². The maximum atomic E-state index is 11.6. The van der Waals surface area contributed by atoms with Crippen molar-refractivity contribution in [2.45, 2.75) is 13.0 Å². The zero-order valence-corrected chi connectivity index (χ0v) is 12.2. The molecule has 0 atom stereocenters. The topological polar surface area (TPSA) is 48.9 Å². The molecule has 2 aromatic rings. The van der Waals surface area contributed by atoms with Gasteiger partial charge in [0.2, 0.25) is 0 Å². The number of hydrogen-bond acceptors (Lipinski definition) is 2. The highest BCUT2D eigenvalue weighted by atomic mass is 35.5. The monoisotopic (exact) mass is 291 g/mol. The lowest BCUT2D eigenvalue weighted by molar-refractivity contribution is -0.670. The first-order chi connectivity index (χ1) is 9.69. The van der Waals surface area contributed by atoms with Gasteiger partial charge in [-0.15, -0.1) is 0 Å². The summed E-state index contributed by atoms with van der Waals surface area (Å²) in [6, 6.07) is 12.9. The Bertz CT molecular complexity index is 555. The van der Waals surface area contributed by atoms with E-state index in [9.17, 15) is 5.11 Å². The van der Waals surface area contributed by atoms with Crippen molar-refractivity contribution in [1.29, 1.82) is 0 Å². The lowest BCUT2D eigenvalue weighted by Crippen LogP contribution is -2.83. The molecule has 0 bridgehead atoms. The molecule has 2 aromatic carbocycles.